The molecule has 1 unspecified atom stereocenters. The van der Waals surface area contributed by atoms with Gasteiger partial charge in [-0.1, -0.05) is 6.92 Å². The van der Waals surface area contributed by atoms with Crippen LogP contribution < -0.4 is 16.6 Å². The van der Waals surface area contributed by atoms with Gasteiger partial charge in [0.05, 0.1) is 6.04 Å². The van der Waals surface area contributed by atoms with Crippen molar-refractivity contribution in [2.75, 3.05) is 0 Å². The second-order valence-corrected chi connectivity index (χ2v) is 6.63. The number of amides is 1. The summed E-state index contributed by atoms with van der Waals surface area (Å²) in [5.74, 6) is 0.400. The summed E-state index contributed by atoms with van der Waals surface area (Å²) in [6.45, 7) is 7.18. The van der Waals surface area contributed by atoms with Gasteiger partial charge in [-0.2, -0.15) is 0 Å². The molecular formula is C15H23N5O4. The molecular weight excluding hydrogens is 314 g/mol. The number of imidazole rings is 1. The standard InChI is InChI=1S/C15H23N5O4/c1-7-8(16-13(22)24-15(2,3)4)10-17-9-11(18-10)19(5)14(23)20(6)12(9)21/h8H,7H2,1-6H3,(H,16,22)(H,17,18). The van der Waals surface area contributed by atoms with Crippen LogP contribution in [0.1, 0.15) is 46.0 Å². The van der Waals surface area contributed by atoms with Crippen LogP contribution in [0.5, 0.6) is 0 Å². The smallest absolute Gasteiger partial charge is 0.408 e. The predicted molar refractivity (Wildman–Crippen MR) is 89.0 cm³/mol. The summed E-state index contributed by atoms with van der Waals surface area (Å²) >= 11 is 0. The van der Waals surface area contributed by atoms with E-state index in [1.54, 1.807) is 20.8 Å². The Labute approximate surface area is 138 Å². The third kappa shape index (κ3) is 3.34. The molecule has 0 aliphatic heterocycles. The molecule has 1 atom stereocenters. The zero-order chi connectivity index (χ0) is 18.2. The summed E-state index contributed by atoms with van der Waals surface area (Å²) < 4.78 is 7.53. The van der Waals surface area contributed by atoms with Gasteiger partial charge in [-0.25, -0.2) is 14.6 Å². The lowest BCUT2D eigenvalue weighted by atomic mass is 10.2. The molecule has 0 fully saturated rings. The van der Waals surface area contributed by atoms with Crippen molar-refractivity contribution in [3.05, 3.63) is 26.7 Å². The van der Waals surface area contributed by atoms with Crippen LogP contribution in [0.3, 0.4) is 0 Å². The number of aryl methyl sites for hydroxylation is 1. The van der Waals surface area contributed by atoms with Gasteiger partial charge in [-0.15, -0.1) is 0 Å². The van der Waals surface area contributed by atoms with Crippen molar-refractivity contribution in [1.82, 2.24) is 24.4 Å². The van der Waals surface area contributed by atoms with E-state index in [1.807, 2.05) is 6.92 Å². The first-order valence-corrected chi connectivity index (χ1v) is 7.70. The number of carbonyl (C=O) groups excluding carboxylic acids is 1. The molecule has 2 rings (SSSR count). The third-order valence-corrected chi connectivity index (χ3v) is 3.54. The Morgan fingerprint density at radius 3 is 2.46 bits per heavy atom. The molecule has 0 bridgehead atoms. The highest BCUT2D eigenvalue weighted by Crippen LogP contribution is 2.17. The van der Waals surface area contributed by atoms with E-state index >= 15 is 0 Å². The quantitative estimate of drug-likeness (QED) is 0.866. The molecule has 0 saturated carbocycles. The van der Waals surface area contributed by atoms with E-state index in [4.69, 9.17) is 4.74 Å². The van der Waals surface area contributed by atoms with Crippen molar-refractivity contribution < 1.29 is 9.53 Å². The molecule has 2 N–H and O–H groups in total. The van der Waals surface area contributed by atoms with Crippen LogP contribution in [0.25, 0.3) is 11.2 Å². The van der Waals surface area contributed by atoms with Crippen LogP contribution >= 0.6 is 0 Å². The average Bonchev–Trinajstić information content (AvgIpc) is 2.92. The Balaban J connectivity index is 2.42. The fourth-order valence-corrected chi connectivity index (χ4v) is 2.32. The molecule has 0 radical (unpaired) electrons. The summed E-state index contributed by atoms with van der Waals surface area (Å²) in [7, 11) is 2.94. The third-order valence-electron chi connectivity index (χ3n) is 3.54. The van der Waals surface area contributed by atoms with E-state index in [9.17, 15) is 14.4 Å². The van der Waals surface area contributed by atoms with Gasteiger partial charge in [0.1, 0.15) is 16.9 Å². The van der Waals surface area contributed by atoms with Gasteiger partial charge < -0.3 is 15.0 Å². The first-order valence-electron chi connectivity index (χ1n) is 7.70. The normalized spacial score (nSPS) is 13.1. The molecule has 0 saturated heterocycles. The number of ether oxygens (including phenoxy) is 1. The lowest BCUT2D eigenvalue weighted by Gasteiger charge is -2.22. The molecule has 1 amide bonds. The Kier molecular flexibility index (Phi) is 4.54. The Hall–Kier alpha value is -2.58. The van der Waals surface area contributed by atoms with Crippen molar-refractivity contribution in [3.63, 3.8) is 0 Å². The zero-order valence-corrected chi connectivity index (χ0v) is 14.8. The summed E-state index contributed by atoms with van der Waals surface area (Å²) in [6.07, 6.45) is -0.0375. The van der Waals surface area contributed by atoms with Crippen molar-refractivity contribution in [3.8, 4) is 0 Å². The minimum atomic E-state index is -0.615. The SMILES string of the molecule is CCC(NC(=O)OC(C)(C)C)c1nc2c([nH]1)c(=O)n(C)c(=O)n2C. The fourth-order valence-electron chi connectivity index (χ4n) is 2.32. The Morgan fingerprint density at radius 1 is 1.29 bits per heavy atom. The highest BCUT2D eigenvalue weighted by Gasteiger charge is 2.23. The second-order valence-electron chi connectivity index (χ2n) is 6.63. The maximum absolute atomic E-state index is 12.2. The number of H-pyrrole nitrogens is 1. The molecule has 2 heterocycles. The van der Waals surface area contributed by atoms with Crippen molar-refractivity contribution in [2.45, 2.75) is 45.8 Å². The number of aromatic nitrogens is 4. The molecule has 0 aliphatic carbocycles. The van der Waals surface area contributed by atoms with Crippen LogP contribution in [0.15, 0.2) is 9.59 Å². The minimum Gasteiger partial charge on any atom is -0.444 e. The van der Waals surface area contributed by atoms with E-state index in [1.165, 1.54) is 18.7 Å². The molecule has 9 nitrogen and oxygen atoms in total. The van der Waals surface area contributed by atoms with Gasteiger partial charge in [-0.3, -0.25) is 13.9 Å². The number of fused-ring (bicyclic) bond motifs is 1. The van der Waals surface area contributed by atoms with Crippen LogP contribution in [-0.4, -0.2) is 30.8 Å². The fraction of sp³-hybridized carbons (Fsp3) is 0.600. The first-order chi connectivity index (χ1) is 11.0. The average molecular weight is 337 g/mol. The van der Waals surface area contributed by atoms with Gasteiger partial charge in [0.15, 0.2) is 5.65 Å². The van der Waals surface area contributed by atoms with Crippen LogP contribution in [0.2, 0.25) is 0 Å². The van der Waals surface area contributed by atoms with Crippen LogP contribution in [0, 0.1) is 0 Å². The summed E-state index contributed by atoms with van der Waals surface area (Å²) in [5, 5.41) is 2.72. The number of hydrogen-bond acceptors (Lipinski definition) is 5. The molecule has 0 spiro atoms. The molecule has 0 aliphatic rings. The van der Waals surface area contributed by atoms with E-state index in [-0.39, 0.29) is 11.2 Å². The van der Waals surface area contributed by atoms with Crippen LogP contribution in [-0.2, 0) is 18.8 Å². The predicted octanol–water partition coefficient (Wildman–Crippen LogP) is 0.936. The number of nitrogens with zero attached hydrogens (tertiary/aromatic N) is 3. The summed E-state index contributed by atoms with van der Waals surface area (Å²) in [6, 6.07) is -0.466. The van der Waals surface area contributed by atoms with Crippen molar-refractivity contribution in [2.24, 2.45) is 14.1 Å². The Bertz CT molecular complexity index is 884. The largest absolute Gasteiger partial charge is 0.444 e. The Morgan fingerprint density at radius 2 is 1.92 bits per heavy atom. The zero-order valence-electron chi connectivity index (χ0n) is 14.8. The first kappa shape index (κ1) is 17.8. The molecule has 0 aromatic carbocycles. The van der Waals surface area contributed by atoms with E-state index in [2.05, 4.69) is 15.3 Å². The molecule has 2 aromatic rings. The number of carbonyl (C=O) groups is 1. The van der Waals surface area contributed by atoms with E-state index in [0.29, 0.717) is 12.2 Å². The van der Waals surface area contributed by atoms with E-state index in [0.717, 1.165) is 4.57 Å². The number of nitrogens with one attached hydrogen (secondary N) is 2. The highest BCUT2D eigenvalue weighted by atomic mass is 16.6. The highest BCUT2D eigenvalue weighted by molar-refractivity contribution is 5.71. The number of hydrogen-bond donors (Lipinski definition) is 2. The molecule has 24 heavy (non-hydrogen) atoms. The van der Waals surface area contributed by atoms with Crippen molar-refractivity contribution >= 4 is 17.3 Å². The van der Waals surface area contributed by atoms with Gasteiger partial charge in [0, 0.05) is 14.1 Å². The topological polar surface area (TPSA) is 111 Å². The van der Waals surface area contributed by atoms with Gasteiger partial charge in [0.25, 0.3) is 5.56 Å². The molecule has 9 heteroatoms. The molecule has 2 aromatic heterocycles. The number of alkyl carbamates (subject to hydrolysis) is 1. The van der Waals surface area contributed by atoms with E-state index < -0.39 is 29.0 Å². The maximum Gasteiger partial charge on any atom is 0.408 e. The lowest BCUT2D eigenvalue weighted by molar-refractivity contribution is 0.0500. The van der Waals surface area contributed by atoms with Crippen LogP contribution in [0.4, 0.5) is 4.79 Å². The molecule has 132 valence electrons. The van der Waals surface area contributed by atoms with Gasteiger partial charge in [0.2, 0.25) is 0 Å². The monoisotopic (exact) mass is 337 g/mol. The lowest BCUT2D eigenvalue weighted by Crippen LogP contribution is -2.36. The van der Waals surface area contributed by atoms with Crippen molar-refractivity contribution in [1.29, 1.82) is 0 Å². The summed E-state index contributed by atoms with van der Waals surface area (Å²) in [4.78, 5) is 43.4. The van der Waals surface area contributed by atoms with Gasteiger partial charge in [-0.05, 0) is 27.2 Å². The maximum atomic E-state index is 12.2. The summed E-state index contributed by atoms with van der Waals surface area (Å²) in [5.41, 5.74) is -1.06. The number of rotatable bonds is 3. The van der Waals surface area contributed by atoms with Gasteiger partial charge >= 0.3 is 11.8 Å². The minimum absolute atomic E-state index is 0.221. The second kappa shape index (κ2) is 6.14. The number of aromatic amines is 1.